The number of nitriles is 1. The van der Waals surface area contributed by atoms with Gasteiger partial charge >= 0.3 is 0 Å². The summed E-state index contributed by atoms with van der Waals surface area (Å²) in [6, 6.07) is 9.64. The average Bonchev–Trinajstić information content (AvgIpc) is 3.43. The van der Waals surface area contributed by atoms with Crippen LogP contribution in [0.3, 0.4) is 0 Å². The van der Waals surface area contributed by atoms with Crippen LogP contribution in [-0.2, 0) is 6.42 Å². The molecule has 0 amide bonds. The van der Waals surface area contributed by atoms with Crippen molar-refractivity contribution in [1.29, 1.82) is 5.26 Å². The van der Waals surface area contributed by atoms with Gasteiger partial charge in [0, 0.05) is 28.6 Å². The van der Waals surface area contributed by atoms with Crippen molar-refractivity contribution in [2.24, 2.45) is 0 Å². The number of H-pyrrole nitrogens is 2. The molecule has 0 radical (unpaired) electrons. The normalized spacial score (nSPS) is 16.8. The molecule has 5 rings (SSSR count). The van der Waals surface area contributed by atoms with Gasteiger partial charge in [0.25, 0.3) is 0 Å². The number of aromatic nitrogens is 3. The van der Waals surface area contributed by atoms with E-state index in [4.69, 9.17) is 0 Å². The topological polar surface area (TPSA) is 88.5 Å². The van der Waals surface area contributed by atoms with Crippen LogP contribution >= 0.6 is 0 Å². The molecule has 1 aliphatic carbocycles. The number of nitrogens with one attached hydrogen (secondary N) is 2. The van der Waals surface area contributed by atoms with E-state index in [0.717, 1.165) is 45.9 Å². The molecule has 0 spiro atoms. The summed E-state index contributed by atoms with van der Waals surface area (Å²) in [5.41, 5.74) is 7.52. The molecule has 0 bridgehead atoms. The predicted molar refractivity (Wildman–Crippen MR) is 123 cm³/mol. The Hall–Kier alpha value is -3.62. The molecule has 0 fully saturated rings. The third-order valence-corrected chi connectivity index (χ3v) is 6.23. The van der Waals surface area contributed by atoms with Crippen molar-refractivity contribution < 1.29 is 5.11 Å². The van der Waals surface area contributed by atoms with E-state index >= 15 is 0 Å². The molecule has 5 nitrogen and oxygen atoms in total. The Bertz CT molecular complexity index is 1400. The first-order chi connectivity index (χ1) is 15.1. The van der Waals surface area contributed by atoms with E-state index in [0.29, 0.717) is 11.4 Å². The summed E-state index contributed by atoms with van der Waals surface area (Å²) in [5, 5.41) is 21.8. The Morgan fingerprint density at radius 1 is 1.29 bits per heavy atom. The molecule has 0 aliphatic heterocycles. The van der Waals surface area contributed by atoms with Crippen molar-refractivity contribution in [2.75, 3.05) is 0 Å². The number of imidazole rings is 1. The van der Waals surface area contributed by atoms with Crippen LogP contribution in [0.15, 0.2) is 54.8 Å². The maximum Gasteiger partial charge on any atom is 0.140 e. The highest BCUT2D eigenvalue weighted by Crippen LogP contribution is 2.40. The van der Waals surface area contributed by atoms with Crippen LogP contribution in [0, 0.1) is 18.3 Å². The molecule has 154 valence electrons. The maximum atomic E-state index is 11.6. The second-order valence-corrected chi connectivity index (χ2v) is 8.14. The zero-order valence-electron chi connectivity index (χ0n) is 17.6. The third kappa shape index (κ3) is 3.17. The van der Waals surface area contributed by atoms with Gasteiger partial charge in [-0.3, -0.25) is 0 Å². The monoisotopic (exact) mass is 408 g/mol. The molecule has 1 aliphatic rings. The number of aliphatic hydroxyl groups is 1. The molecule has 2 atom stereocenters. The second-order valence-electron chi connectivity index (χ2n) is 8.14. The van der Waals surface area contributed by atoms with Crippen LogP contribution in [0.5, 0.6) is 0 Å². The van der Waals surface area contributed by atoms with E-state index in [-0.39, 0.29) is 5.92 Å². The van der Waals surface area contributed by atoms with Crippen molar-refractivity contribution in [2.45, 2.75) is 38.7 Å². The largest absolute Gasteiger partial charge is 0.380 e. The van der Waals surface area contributed by atoms with Crippen molar-refractivity contribution in [1.82, 2.24) is 15.0 Å². The lowest BCUT2D eigenvalue weighted by Gasteiger charge is -2.20. The number of allylic oxidation sites excluding steroid dienone is 4. The van der Waals surface area contributed by atoms with Crippen LogP contribution in [0.1, 0.15) is 59.0 Å². The molecule has 2 aromatic carbocycles. The molecule has 2 unspecified atom stereocenters. The van der Waals surface area contributed by atoms with E-state index in [1.807, 2.05) is 6.07 Å². The Balaban J connectivity index is 1.72. The SMILES string of the molecule is CCc1cc(C)c2[nH]cc(C3C=CC=CC3)c2c1C(O)c1nc2ccc(C#N)cc2[nH]1. The minimum Gasteiger partial charge on any atom is -0.380 e. The fourth-order valence-electron chi connectivity index (χ4n) is 4.69. The predicted octanol–water partition coefficient (Wildman–Crippen LogP) is 5.47. The van der Waals surface area contributed by atoms with Gasteiger partial charge in [-0.15, -0.1) is 0 Å². The summed E-state index contributed by atoms with van der Waals surface area (Å²) in [6.07, 6.45) is 11.5. The quantitative estimate of drug-likeness (QED) is 0.418. The van der Waals surface area contributed by atoms with Gasteiger partial charge in [0.15, 0.2) is 0 Å². The molecular formula is C26H24N4O. The van der Waals surface area contributed by atoms with Crippen LogP contribution < -0.4 is 0 Å². The van der Waals surface area contributed by atoms with Gasteiger partial charge in [-0.25, -0.2) is 4.98 Å². The van der Waals surface area contributed by atoms with Gasteiger partial charge in [0.2, 0.25) is 0 Å². The number of fused-ring (bicyclic) bond motifs is 2. The van der Waals surface area contributed by atoms with Crippen LogP contribution in [0.25, 0.3) is 21.9 Å². The Kier molecular flexibility index (Phi) is 4.72. The first-order valence-electron chi connectivity index (χ1n) is 10.6. The summed E-state index contributed by atoms with van der Waals surface area (Å²) in [4.78, 5) is 11.3. The lowest BCUT2D eigenvalue weighted by molar-refractivity contribution is 0.212. The van der Waals surface area contributed by atoms with Gasteiger partial charge < -0.3 is 15.1 Å². The fourth-order valence-corrected chi connectivity index (χ4v) is 4.69. The Labute approximate surface area is 180 Å². The van der Waals surface area contributed by atoms with Gasteiger partial charge in [0.1, 0.15) is 11.9 Å². The highest BCUT2D eigenvalue weighted by Gasteiger charge is 2.26. The Morgan fingerprint density at radius 3 is 2.90 bits per heavy atom. The van der Waals surface area contributed by atoms with Gasteiger partial charge in [-0.2, -0.15) is 5.26 Å². The van der Waals surface area contributed by atoms with Crippen molar-refractivity contribution in [3.63, 3.8) is 0 Å². The summed E-state index contributed by atoms with van der Waals surface area (Å²) in [5.74, 6) is 0.765. The molecule has 0 saturated carbocycles. The molecule has 5 heteroatoms. The van der Waals surface area contributed by atoms with Crippen molar-refractivity contribution in [3.05, 3.63) is 88.4 Å². The van der Waals surface area contributed by atoms with E-state index in [2.05, 4.69) is 71.4 Å². The lowest BCUT2D eigenvalue weighted by atomic mass is 9.86. The fraction of sp³-hybridized carbons (Fsp3) is 0.231. The van der Waals surface area contributed by atoms with Gasteiger partial charge in [-0.1, -0.05) is 37.3 Å². The molecule has 4 aromatic rings. The second kappa shape index (κ2) is 7.57. The number of aryl methyl sites for hydroxylation is 2. The molecule has 31 heavy (non-hydrogen) atoms. The minimum atomic E-state index is -0.895. The van der Waals surface area contributed by atoms with E-state index in [1.54, 1.807) is 12.1 Å². The molecule has 2 heterocycles. The first kappa shape index (κ1) is 19.3. The Morgan fingerprint density at radius 2 is 2.16 bits per heavy atom. The standard InChI is InChI=1S/C26H24N4O/c1-3-17-11-15(2)24-23(19(14-28-24)18-7-5-4-6-8-18)22(17)25(31)26-29-20-10-9-16(13-27)12-21(20)30-26/h4-7,9-12,14,18,25,28,31H,3,8H2,1-2H3,(H,29,30). The number of aromatic amines is 2. The lowest BCUT2D eigenvalue weighted by Crippen LogP contribution is -2.08. The smallest absolute Gasteiger partial charge is 0.140 e. The summed E-state index contributed by atoms with van der Waals surface area (Å²) in [7, 11) is 0. The summed E-state index contributed by atoms with van der Waals surface area (Å²) < 4.78 is 0. The van der Waals surface area contributed by atoms with Gasteiger partial charge in [0.05, 0.1) is 22.7 Å². The van der Waals surface area contributed by atoms with E-state index in [9.17, 15) is 10.4 Å². The minimum absolute atomic E-state index is 0.269. The van der Waals surface area contributed by atoms with Crippen LogP contribution in [0.4, 0.5) is 0 Å². The molecular weight excluding hydrogens is 384 g/mol. The number of rotatable bonds is 4. The number of hydrogen-bond acceptors (Lipinski definition) is 3. The summed E-state index contributed by atoms with van der Waals surface area (Å²) >= 11 is 0. The van der Waals surface area contributed by atoms with Gasteiger partial charge in [-0.05, 0) is 54.7 Å². The molecule has 3 N–H and O–H groups in total. The number of aliphatic hydroxyl groups excluding tert-OH is 1. The highest BCUT2D eigenvalue weighted by atomic mass is 16.3. The highest BCUT2D eigenvalue weighted by molar-refractivity contribution is 5.92. The van der Waals surface area contributed by atoms with Crippen LogP contribution in [-0.4, -0.2) is 20.1 Å². The number of benzene rings is 2. The number of nitrogens with zero attached hydrogens (tertiary/aromatic N) is 2. The average molecular weight is 409 g/mol. The third-order valence-electron chi connectivity index (χ3n) is 6.23. The van der Waals surface area contributed by atoms with Crippen molar-refractivity contribution >= 4 is 21.9 Å². The zero-order chi connectivity index (χ0) is 21.5. The zero-order valence-corrected chi connectivity index (χ0v) is 17.6. The maximum absolute atomic E-state index is 11.6. The first-order valence-corrected chi connectivity index (χ1v) is 10.6. The van der Waals surface area contributed by atoms with E-state index in [1.165, 1.54) is 11.1 Å². The molecule has 0 saturated heterocycles. The summed E-state index contributed by atoms with van der Waals surface area (Å²) in [6.45, 7) is 4.23. The molecule has 2 aromatic heterocycles. The van der Waals surface area contributed by atoms with Crippen molar-refractivity contribution in [3.8, 4) is 6.07 Å². The van der Waals surface area contributed by atoms with E-state index < -0.39 is 6.10 Å². The number of hydrogen-bond donors (Lipinski definition) is 3. The van der Waals surface area contributed by atoms with Crippen LogP contribution in [0.2, 0.25) is 0 Å².